The van der Waals surface area contributed by atoms with E-state index in [9.17, 15) is 18.0 Å². The van der Waals surface area contributed by atoms with Gasteiger partial charge in [0.25, 0.3) is 0 Å². The lowest BCUT2D eigenvalue weighted by molar-refractivity contribution is -0.140. The summed E-state index contributed by atoms with van der Waals surface area (Å²) in [6.07, 6.45) is 1.41. The van der Waals surface area contributed by atoms with Crippen molar-refractivity contribution in [2.45, 2.75) is 46.7 Å². The van der Waals surface area contributed by atoms with Gasteiger partial charge >= 0.3 is 0 Å². The standard InChI is InChI=1S/C25H33Cl2N3O4S/c1-6-22(25(32)28-14-17(2)3)29(15-19-7-9-20(26)10-8-19)24(31)16-30(35(5,33)34)23-12-11-21(27)13-18(23)4/h7-13,17,22H,6,14-16H2,1-5H3,(H,28,32)/t22-/m0/s1. The zero-order valence-corrected chi connectivity index (χ0v) is 23.0. The molecule has 192 valence electrons. The summed E-state index contributed by atoms with van der Waals surface area (Å²) in [5.41, 5.74) is 1.74. The first-order valence-corrected chi connectivity index (χ1v) is 14.0. The molecule has 10 heteroatoms. The van der Waals surface area contributed by atoms with Crippen LogP contribution < -0.4 is 9.62 Å². The van der Waals surface area contributed by atoms with Crippen molar-refractivity contribution in [3.63, 3.8) is 0 Å². The van der Waals surface area contributed by atoms with Crippen molar-refractivity contribution in [3.05, 3.63) is 63.6 Å². The van der Waals surface area contributed by atoms with Crippen LogP contribution in [0, 0.1) is 12.8 Å². The molecule has 0 saturated heterocycles. The molecule has 0 unspecified atom stereocenters. The van der Waals surface area contributed by atoms with E-state index in [0.717, 1.165) is 16.1 Å². The van der Waals surface area contributed by atoms with Gasteiger partial charge in [0, 0.05) is 23.1 Å². The number of hydrogen-bond donors (Lipinski definition) is 1. The number of anilines is 1. The summed E-state index contributed by atoms with van der Waals surface area (Å²) < 4.78 is 26.5. The van der Waals surface area contributed by atoms with Crippen LogP contribution in [0.5, 0.6) is 0 Å². The minimum absolute atomic E-state index is 0.126. The molecule has 0 aliphatic carbocycles. The Morgan fingerprint density at radius 2 is 1.63 bits per heavy atom. The van der Waals surface area contributed by atoms with Crippen LogP contribution in [0.25, 0.3) is 0 Å². The van der Waals surface area contributed by atoms with Gasteiger partial charge in [-0.1, -0.05) is 56.1 Å². The third-order valence-corrected chi connectivity index (χ3v) is 7.06. The number of aryl methyl sites for hydroxylation is 1. The van der Waals surface area contributed by atoms with Gasteiger partial charge in [-0.2, -0.15) is 0 Å². The van der Waals surface area contributed by atoms with Crippen LogP contribution in [-0.2, 0) is 26.2 Å². The molecule has 1 atom stereocenters. The van der Waals surface area contributed by atoms with Crippen LogP contribution in [0.15, 0.2) is 42.5 Å². The van der Waals surface area contributed by atoms with E-state index in [0.29, 0.717) is 34.3 Å². The molecule has 0 heterocycles. The Labute approximate surface area is 218 Å². The highest BCUT2D eigenvalue weighted by Gasteiger charge is 2.32. The normalized spacial score (nSPS) is 12.3. The first-order valence-electron chi connectivity index (χ1n) is 11.4. The SMILES string of the molecule is CC[C@@H](C(=O)NCC(C)C)N(Cc1ccc(Cl)cc1)C(=O)CN(c1ccc(Cl)cc1C)S(C)(=O)=O. The van der Waals surface area contributed by atoms with Crippen molar-refractivity contribution in [3.8, 4) is 0 Å². The molecule has 7 nitrogen and oxygen atoms in total. The molecule has 2 aromatic carbocycles. The molecule has 2 aromatic rings. The largest absolute Gasteiger partial charge is 0.354 e. The number of nitrogens with zero attached hydrogens (tertiary/aromatic N) is 2. The third-order valence-electron chi connectivity index (χ3n) is 5.44. The predicted octanol–water partition coefficient (Wildman–Crippen LogP) is 4.65. The summed E-state index contributed by atoms with van der Waals surface area (Å²) >= 11 is 12.1. The van der Waals surface area contributed by atoms with Crippen LogP contribution >= 0.6 is 23.2 Å². The van der Waals surface area contributed by atoms with Gasteiger partial charge in [-0.3, -0.25) is 13.9 Å². The number of nitrogens with one attached hydrogen (secondary N) is 1. The van der Waals surface area contributed by atoms with Crippen molar-refractivity contribution < 1.29 is 18.0 Å². The fraction of sp³-hybridized carbons (Fsp3) is 0.440. The maximum atomic E-state index is 13.7. The molecule has 1 N–H and O–H groups in total. The zero-order chi connectivity index (χ0) is 26.3. The number of benzene rings is 2. The van der Waals surface area contributed by atoms with Crippen molar-refractivity contribution in [2.75, 3.05) is 23.7 Å². The molecule has 0 radical (unpaired) electrons. The second-order valence-electron chi connectivity index (χ2n) is 8.91. The van der Waals surface area contributed by atoms with Gasteiger partial charge in [-0.25, -0.2) is 8.42 Å². The van der Waals surface area contributed by atoms with E-state index in [2.05, 4.69) is 5.32 Å². The minimum Gasteiger partial charge on any atom is -0.354 e. The van der Waals surface area contributed by atoms with Crippen LogP contribution in [0.4, 0.5) is 5.69 Å². The molecule has 0 fully saturated rings. The molecule has 0 aromatic heterocycles. The van der Waals surface area contributed by atoms with Crippen molar-refractivity contribution in [2.24, 2.45) is 5.92 Å². The van der Waals surface area contributed by atoms with Gasteiger partial charge in [-0.05, 0) is 60.7 Å². The van der Waals surface area contributed by atoms with Crippen LogP contribution in [0.1, 0.15) is 38.3 Å². The molecule has 0 saturated carbocycles. The lowest BCUT2D eigenvalue weighted by atomic mass is 10.1. The number of halogens is 2. The fourth-order valence-electron chi connectivity index (χ4n) is 3.62. The van der Waals surface area contributed by atoms with Gasteiger partial charge in [0.05, 0.1) is 11.9 Å². The zero-order valence-electron chi connectivity index (χ0n) is 20.7. The third kappa shape index (κ3) is 8.40. The molecule has 0 aliphatic rings. The van der Waals surface area contributed by atoms with Crippen molar-refractivity contribution >= 4 is 50.7 Å². The van der Waals surface area contributed by atoms with E-state index in [1.54, 1.807) is 49.4 Å². The van der Waals surface area contributed by atoms with Crippen molar-refractivity contribution in [1.29, 1.82) is 0 Å². The Bertz CT molecular complexity index is 1140. The summed E-state index contributed by atoms with van der Waals surface area (Å²) in [5, 5.41) is 3.91. The number of sulfonamides is 1. The van der Waals surface area contributed by atoms with E-state index in [-0.39, 0.29) is 18.4 Å². The summed E-state index contributed by atoms with van der Waals surface area (Å²) in [5.74, 6) is -0.533. The first kappa shape index (κ1) is 28.9. The Morgan fingerprint density at radius 1 is 1.03 bits per heavy atom. The van der Waals surface area contributed by atoms with Gasteiger partial charge in [-0.15, -0.1) is 0 Å². The molecular weight excluding hydrogens is 509 g/mol. The number of rotatable bonds is 11. The molecule has 0 spiro atoms. The second kappa shape index (κ2) is 12.6. The highest BCUT2D eigenvalue weighted by molar-refractivity contribution is 7.92. The van der Waals surface area contributed by atoms with E-state index in [4.69, 9.17) is 23.2 Å². The number of amides is 2. The average Bonchev–Trinajstić information content (AvgIpc) is 2.76. The number of hydrogen-bond acceptors (Lipinski definition) is 4. The Balaban J connectivity index is 2.44. The maximum absolute atomic E-state index is 13.7. The molecular formula is C25H33Cl2N3O4S. The Morgan fingerprint density at radius 3 is 2.14 bits per heavy atom. The van der Waals surface area contributed by atoms with Crippen LogP contribution in [0.2, 0.25) is 10.0 Å². The van der Waals surface area contributed by atoms with Crippen molar-refractivity contribution in [1.82, 2.24) is 10.2 Å². The van der Waals surface area contributed by atoms with E-state index in [1.165, 1.54) is 4.90 Å². The lowest BCUT2D eigenvalue weighted by Gasteiger charge is -2.33. The fourth-order valence-corrected chi connectivity index (χ4v) is 4.88. The highest BCUT2D eigenvalue weighted by atomic mass is 35.5. The Kier molecular flexibility index (Phi) is 10.4. The smallest absolute Gasteiger partial charge is 0.244 e. The summed E-state index contributed by atoms with van der Waals surface area (Å²) in [4.78, 5) is 28.1. The predicted molar refractivity (Wildman–Crippen MR) is 142 cm³/mol. The van der Waals surface area contributed by atoms with E-state index < -0.39 is 28.5 Å². The average molecular weight is 543 g/mol. The Hall–Kier alpha value is -2.29. The van der Waals surface area contributed by atoms with Gasteiger partial charge in [0.2, 0.25) is 21.8 Å². The molecule has 0 aliphatic heterocycles. The quantitative estimate of drug-likeness (QED) is 0.448. The number of carbonyl (C=O) groups is 2. The molecule has 0 bridgehead atoms. The van der Waals surface area contributed by atoms with Gasteiger partial charge < -0.3 is 10.2 Å². The summed E-state index contributed by atoms with van der Waals surface area (Å²) in [7, 11) is -3.81. The highest BCUT2D eigenvalue weighted by Crippen LogP contribution is 2.26. The summed E-state index contributed by atoms with van der Waals surface area (Å²) in [6, 6.07) is 11.0. The van der Waals surface area contributed by atoms with Gasteiger partial charge in [0.1, 0.15) is 12.6 Å². The molecule has 35 heavy (non-hydrogen) atoms. The molecule has 2 amide bonds. The first-order chi connectivity index (χ1) is 16.3. The van der Waals surface area contributed by atoms with E-state index >= 15 is 0 Å². The number of carbonyl (C=O) groups excluding carboxylic acids is 2. The van der Waals surface area contributed by atoms with Crippen LogP contribution in [0.3, 0.4) is 0 Å². The van der Waals surface area contributed by atoms with Crippen LogP contribution in [-0.4, -0.2) is 50.5 Å². The van der Waals surface area contributed by atoms with E-state index in [1.807, 2.05) is 20.8 Å². The minimum atomic E-state index is -3.81. The molecule has 2 rings (SSSR count). The topological polar surface area (TPSA) is 86.8 Å². The monoisotopic (exact) mass is 541 g/mol. The maximum Gasteiger partial charge on any atom is 0.244 e. The lowest BCUT2D eigenvalue weighted by Crippen LogP contribution is -2.52. The van der Waals surface area contributed by atoms with Gasteiger partial charge in [0.15, 0.2) is 0 Å². The second-order valence-corrected chi connectivity index (χ2v) is 11.7. The summed E-state index contributed by atoms with van der Waals surface area (Å²) in [6.45, 7) is 7.65.